The minimum atomic E-state index is -2.08. The van der Waals surface area contributed by atoms with Crippen molar-refractivity contribution in [3.63, 3.8) is 0 Å². The van der Waals surface area contributed by atoms with Crippen molar-refractivity contribution in [3.05, 3.63) is 163 Å². The van der Waals surface area contributed by atoms with Gasteiger partial charge < -0.3 is 14.4 Å². The van der Waals surface area contributed by atoms with Crippen LogP contribution in [0.2, 0.25) is 19.6 Å². The minimum Gasteiger partial charge on any atom is -0.501 e. The van der Waals surface area contributed by atoms with Crippen LogP contribution in [0.4, 0.5) is 0 Å². The molecule has 0 aliphatic heterocycles. The van der Waals surface area contributed by atoms with Gasteiger partial charge in [-0.3, -0.25) is 0 Å². The third-order valence-electron chi connectivity index (χ3n) is 8.06. The van der Waals surface area contributed by atoms with Crippen LogP contribution in [0.1, 0.15) is 16.5 Å². The number of benzene rings is 5. The van der Waals surface area contributed by atoms with Crippen LogP contribution in [0.25, 0.3) is 66.7 Å². The molecule has 0 spiro atoms. The molecule has 49 heavy (non-hydrogen) atoms. The summed E-state index contributed by atoms with van der Waals surface area (Å²) in [4.78, 5) is 8.97. The van der Waals surface area contributed by atoms with Crippen molar-refractivity contribution >= 4 is 35.2 Å². The van der Waals surface area contributed by atoms with Crippen LogP contribution in [-0.4, -0.2) is 18.0 Å². The molecule has 8 rings (SSSR count). The van der Waals surface area contributed by atoms with Crippen molar-refractivity contribution in [2.24, 2.45) is 0 Å². The number of furan rings is 1. The Hall–Kier alpha value is -4.93. The van der Waals surface area contributed by atoms with Crippen LogP contribution >= 0.6 is 0 Å². The molecular formula is C44H36IrN2OSi-2. The Bertz CT molecular complexity index is 2630. The SMILES string of the molecule is [2H]C([2H])([2H])c1c[c-]c(-c2ccc([Si](C)(C)C)cn2)cc1.[2H]c1c([2H])c([2H])c(-c2ccnc(-c3[c-]ccc4c3oc3cc(-c5ccccc5)ccc34)c2)c([2H])c1[2H].[Ir]. The van der Waals surface area contributed by atoms with Gasteiger partial charge in [-0.15, -0.1) is 53.6 Å². The Morgan fingerprint density at radius 1 is 0.714 bits per heavy atom. The predicted molar refractivity (Wildman–Crippen MR) is 203 cm³/mol. The molecule has 0 aliphatic rings. The molecule has 8 aromatic rings. The van der Waals surface area contributed by atoms with E-state index in [0.29, 0.717) is 28.0 Å². The topological polar surface area (TPSA) is 38.9 Å². The second kappa shape index (κ2) is 14.7. The van der Waals surface area contributed by atoms with E-state index < -0.39 is 21.0 Å². The molecule has 243 valence electrons. The third-order valence-corrected chi connectivity index (χ3v) is 10.1. The van der Waals surface area contributed by atoms with Gasteiger partial charge in [0, 0.05) is 42.0 Å². The molecule has 0 amide bonds. The smallest absolute Gasteiger partial charge is 0.121 e. The zero-order chi connectivity index (χ0) is 39.9. The molecule has 3 aromatic heterocycles. The van der Waals surface area contributed by atoms with E-state index in [1.807, 2.05) is 54.7 Å². The molecule has 0 atom stereocenters. The molecule has 0 fully saturated rings. The first-order valence-corrected chi connectivity index (χ1v) is 19.1. The molecule has 0 N–H and O–H groups in total. The average Bonchev–Trinajstić information content (AvgIpc) is 3.58. The number of nitrogens with zero attached hydrogens (tertiary/aromatic N) is 2. The average molecular weight is 837 g/mol. The van der Waals surface area contributed by atoms with E-state index in [0.717, 1.165) is 38.7 Å². The van der Waals surface area contributed by atoms with Gasteiger partial charge in [0.2, 0.25) is 0 Å². The largest absolute Gasteiger partial charge is 0.501 e. The number of aromatic nitrogens is 2. The van der Waals surface area contributed by atoms with Gasteiger partial charge in [0.25, 0.3) is 0 Å². The summed E-state index contributed by atoms with van der Waals surface area (Å²) in [5.41, 5.74) is 7.25. The van der Waals surface area contributed by atoms with Gasteiger partial charge >= 0.3 is 0 Å². The van der Waals surface area contributed by atoms with Crippen LogP contribution in [0, 0.1) is 19.0 Å². The van der Waals surface area contributed by atoms with Crippen molar-refractivity contribution in [2.75, 3.05) is 0 Å². The molecule has 0 saturated carbocycles. The standard InChI is InChI=1S/C29H18NO.C15H18NSi.Ir/c1-3-8-20(9-4-1)22-14-15-24-25-12-7-13-26(29(25)31-28(24)19-22)27-18-23(16-17-30-27)21-10-5-2-6-11-21;1-12-5-7-13(8-6-12)15-10-9-14(11-16-15)17(2,3)4;/h1-12,14-19H;5-7,9-11H,1-4H3;/q2*-1;/i2D,5D,6D,10D,11D;1D3;. The minimum absolute atomic E-state index is 0. The number of pyridine rings is 2. The number of hydrogen-bond acceptors (Lipinski definition) is 3. The first kappa shape index (κ1) is 25.1. The fraction of sp³-hybridized carbons (Fsp3) is 0.0909. The molecule has 3 nitrogen and oxygen atoms in total. The number of hydrogen-bond donors (Lipinski definition) is 0. The Kier molecular flexibility index (Phi) is 7.52. The van der Waals surface area contributed by atoms with Crippen LogP contribution in [-0.2, 0) is 20.1 Å². The van der Waals surface area contributed by atoms with Crippen LogP contribution in [0.3, 0.4) is 0 Å². The Morgan fingerprint density at radius 2 is 1.53 bits per heavy atom. The molecule has 5 heteroatoms. The van der Waals surface area contributed by atoms with Crippen LogP contribution < -0.4 is 5.19 Å². The summed E-state index contributed by atoms with van der Waals surface area (Å²) < 4.78 is 68.9. The summed E-state index contributed by atoms with van der Waals surface area (Å²) in [6, 6.07) is 36.9. The van der Waals surface area contributed by atoms with E-state index in [2.05, 4.69) is 66.0 Å². The second-order valence-corrected chi connectivity index (χ2v) is 17.5. The molecule has 0 saturated heterocycles. The van der Waals surface area contributed by atoms with Gasteiger partial charge in [0.1, 0.15) is 5.58 Å². The molecule has 0 unspecified atom stereocenters. The zero-order valence-electron chi connectivity index (χ0n) is 35.1. The first-order chi connectivity index (χ1) is 26.6. The van der Waals surface area contributed by atoms with Gasteiger partial charge in [-0.25, -0.2) is 0 Å². The fourth-order valence-electron chi connectivity index (χ4n) is 5.44. The normalized spacial score (nSPS) is 13.7. The fourth-order valence-corrected chi connectivity index (χ4v) is 6.48. The van der Waals surface area contributed by atoms with Gasteiger partial charge in [0.05, 0.1) is 20.5 Å². The third kappa shape index (κ3) is 7.55. The predicted octanol–water partition coefficient (Wildman–Crippen LogP) is 11.2. The van der Waals surface area contributed by atoms with Crippen molar-refractivity contribution in [1.82, 2.24) is 9.97 Å². The van der Waals surface area contributed by atoms with E-state index in [4.69, 9.17) is 15.4 Å². The number of fused-ring (bicyclic) bond motifs is 3. The molecule has 5 aromatic carbocycles. The quantitative estimate of drug-likeness (QED) is 0.128. The monoisotopic (exact) mass is 837 g/mol. The summed E-state index contributed by atoms with van der Waals surface area (Å²) >= 11 is 0. The summed E-state index contributed by atoms with van der Waals surface area (Å²) in [6.45, 7) is 4.76. The first-order valence-electron chi connectivity index (χ1n) is 19.6. The van der Waals surface area contributed by atoms with E-state index >= 15 is 0 Å². The van der Waals surface area contributed by atoms with Crippen molar-refractivity contribution in [3.8, 4) is 44.8 Å². The molecule has 0 bridgehead atoms. The summed E-state index contributed by atoms with van der Waals surface area (Å²) in [5.74, 6) is 0. The van der Waals surface area contributed by atoms with E-state index in [1.165, 1.54) is 11.3 Å². The van der Waals surface area contributed by atoms with Crippen LogP contribution in [0.5, 0.6) is 0 Å². The molecular weight excluding hydrogens is 793 g/mol. The van der Waals surface area contributed by atoms with Gasteiger partial charge in [-0.2, -0.15) is 0 Å². The summed E-state index contributed by atoms with van der Waals surface area (Å²) in [6.07, 6.45) is 3.49. The van der Waals surface area contributed by atoms with Crippen molar-refractivity contribution in [1.29, 1.82) is 0 Å². The summed E-state index contributed by atoms with van der Waals surface area (Å²) in [7, 11) is -1.34. The number of aryl methyl sites for hydroxylation is 1. The zero-order valence-corrected chi connectivity index (χ0v) is 30.5. The molecule has 3 heterocycles. The summed E-state index contributed by atoms with van der Waals surface area (Å²) in [5, 5.41) is 3.20. The van der Waals surface area contributed by atoms with Crippen LogP contribution in [0.15, 0.2) is 150 Å². The maximum Gasteiger partial charge on any atom is 0.121 e. The van der Waals surface area contributed by atoms with E-state index in [1.54, 1.807) is 30.5 Å². The maximum absolute atomic E-state index is 8.32. The maximum atomic E-state index is 8.32. The van der Waals surface area contributed by atoms with Gasteiger partial charge in [-0.05, 0) is 51.0 Å². The van der Waals surface area contributed by atoms with Gasteiger partial charge in [-0.1, -0.05) is 128 Å². The van der Waals surface area contributed by atoms with Gasteiger partial charge in [0.15, 0.2) is 0 Å². The van der Waals surface area contributed by atoms with Crippen molar-refractivity contribution in [2.45, 2.75) is 26.5 Å². The Labute approximate surface area is 314 Å². The molecule has 0 aliphatic carbocycles. The second-order valence-electron chi connectivity index (χ2n) is 12.4. The van der Waals surface area contributed by atoms with E-state index in [-0.39, 0.29) is 49.8 Å². The molecule has 1 radical (unpaired) electrons. The number of rotatable bonds is 5. The Morgan fingerprint density at radius 3 is 2.24 bits per heavy atom. The Balaban J connectivity index is 0.000000223. The van der Waals surface area contributed by atoms with E-state index in [9.17, 15) is 0 Å². The van der Waals surface area contributed by atoms with Crippen molar-refractivity contribution < 1.29 is 35.5 Å².